The Balaban J connectivity index is 2.39. The van der Waals surface area contributed by atoms with Gasteiger partial charge in [0.15, 0.2) is 5.25 Å². The topological polar surface area (TPSA) is 71.4 Å². The monoisotopic (exact) mass is 246 g/mol. The second-order valence-corrected chi connectivity index (χ2v) is 6.82. The van der Waals surface area contributed by atoms with E-state index in [2.05, 4.69) is 0 Å². The van der Waals surface area contributed by atoms with Gasteiger partial charge < -0.3 is 5.11 Å². The number of sulfone groups is 1. The lowest BCUT2D eigenvalue weighted by Gasteiger charge is -2.10. The molecule has 0 saturated heterocycles. The molecule has 82 valence electrons. The van der Waals surface area contributed by atoms with Gasteiger partial charge in [-0.1, -0.05) is 6.07 Å². The van der Waals surface area contributed by atoms with E-state index in [0.717, 1.165) is 11.3 Å². The standard InChI is InChI=1S/C9H10O4S2/c10-9(11)8(6-3-4-6)15(12,13)7-2-1-5-14-7/h1-2,5-6,8H,3-4H2,(H,10,11). The van der Waals surface area contributed by atoms with Gasteiger partial charge in [0.2, 0.25) is 9.84 Å². The van der Waals surface area contributed by atoms with Crippen LogP contribution in [0.5, 0.6) is 0 Å². The fourth-order valence-corrected chi connectivity index (χ4v) is 4.56. The van der Waals surface area contributed by atoms with Gasteiger partial charge in [0.1, 0.15) is 4.21 Å². The van der Waals surface area contributed by atoms with Crippen LogP contribution in [0.1, 0.15) is 12.8 Å². The molecule has 0 radical (unpaired) electrons. The molecular weight excluding hydrogens is 236 g/mol. The maximum atomic E-state index is 11.9. The highest BCUT2D eigenvalue weighted by atomic mass is 32.2. The Bertz CT molecular complexity index is 456. The first-order valence-corrected chi connectivity index (χ1v) is 6.96. The van der Waals surface area contributed by atoms with Crippen molar-refractivity contribution in [3.8, 4) is 0 Å². The van der Waals surface area contributed by atoms with Crippen LogP contribution in [0.2, 0.25) is 0 Å². The second-order valence-electron chi connectivity index (χ2n) is 3.57. The summed E-state index contributed by atoms with van der Waals surface area (Å²) in [6.45, 7) is 0. The number of carboxylic acid groups (broad SMARTS) is 1. The van der Waals surface area contributed by atoms with Crippen molar-refractivity contribution in [2.24, 2.45) is 5.92 Å². The van der Waals surface area contributed by atoms with E-state index < -0.39 is 21.1 Å². The Morgan fingerprint density at radius 3 is 2.60 bits per heavy atom. The Labute approximate surface area is 91.5 Å². The summed E-state index contributed by atoms with van der Waals surface area (Å²) in [5.74, 6) is -1.43. The number of carbonyl (C=O) groups is 1. The van der Waals surface area contributed by atoms with E-state index in [1.807, 2.05) is 0 Å². The summed E-state index contributed by atoms with van der Waals surface area (Å²) < 4.78 is 24.0. The van der Waals surface area contributed by atoms with E-state index in [0.29, 0.717) is 12.8 Å². The van der Waals surface area contributed by atoms with Gasteiger partial charge >= 0.3 is 5.97 Å². The number of hydrogen-bond acceptors (Lipinski definition) is 4. The molecule has 4 nitrogen and oxygen atoms in total. The van der Waals surface area contributed by atoms with Crippen molar-refractivity contribution in [2.75, 3.05) is 0 Å². The summed E-state index contributed by atoms with van der Waals surface area (Å²) >= 11 is 1.07. The molecular formula is C9H10O4S2. The van der Waals surface area contributed by atoms with Crippen LogP contribution in [0.15, 0.2) is 21.7 Å². The van der Waals surface area contributed by atoms with Gasteiger partial charge in [0.05, 0.1) is 0 Å². The molecule has 1 aromatic heterocycles. The summed E-state index contributed by atoms with van der Waals surface area (Å²) in [4.78, 5) is 10.9. The fraction of sp³-hybridized carbons (Fsp3) is 0.444. The molecule has 1 aromatic rings. The molecule has 0 amide bonds. The maximum Gasteiger partial charge on any atom is 0.322 e. The van der Waals surface area contributed by atoms with Crippen molar-refractivity contribution in [1.82, 2.24) is 0 Å². The average Bonchev–Trinajstić information content (AvgIpc) is 2.80. The first-order chi connectivity index (χ1) is 7.03. The lowest BCUT2D eigenvalue weighted by Crippen LogP contribution is -2.31. The quantitative estimate of drug-likeness (QED) is 0.871. The van der Waals surface area contributed by atoms with E-state index in [4.69, 9.17) is 5.11 Å². The Kier molecular flexibility index (Phi) is 2.56. The van der Waals surface area contributed by atoms with Crippen LogP contribution < -0.4 is 0 Å². The summed E-state index contributed by atoms with van der Waals surface area (Å²) in [6, 6.07) is 3.07. The highest BCUT2D eigenvalue weighted by Gasteiger charge is 2.46. The van der Waals surface area contributed by atoms with Crippen LogP contribution in [0.25, 0.3) is 0 Å². The number of hydrogen-bond donors (Lipinski definition) is 1. The molecule has 2 rings (SSSR count). The molecule has 15 heavy (non-hydrogen) atoms. The third-order valence-corrected chi connectivity index (χ3v) is 6.00. The van der Waals surface area contributed by atoms with Crippen molar-refractivity contribution in [1.29, 1.82) is 0 Å². The van der Waals surface area contributed by atoms with Crippen LogP contribution in [-0.4, -0.2) is 24.7 Å². The molecule has 1 N–H and O–H groups in total. The molecule has 0 aromatic carbocycles. The van der Waals surface area contributed by atoms with Crippen LogP contribution in [0, 0.1) is 5.92 Å². The van der Waals surface area contributed by atoms with Gasteiger partial charge in [0, 0.05) is 0 Å². The predicted octanol–water partition coefficient (Wildman–Crippen LogP) is 1.39. The van der Waals surface area contributed by atoms with E-state index in [-0.39, 0.29) is 10.1 Å². The normalized spacial score (nSPS) is 18.7. The highest BCUT2D eigenvalue weighted by Crippen LogP contribution is 2.39. The van der Waals surface area contributed by atoms with Crippen molar-refractivity contribution in [2.45, 2.75) is 22.3 Å². The van der Waals surface area contributed by atoms with E-state index >= 15 is 0 Å². The Morgan fingerprint density at radius 2 is 2.20 bits per heavy atom. The number of thiophene rings is 1. The summed E-state index contributed by atoms with van der Waals surface area (Å²) in [7, 11) is -3.67. The SMILES string of the molecule is O=C(O)C(C1CC1)S(=O)(=O)c1cccs1. The highest BCUT2D eigenvalue weighted by molar-refractivity contribution is 7.94. The minimum absolute atomic E-state index is 0.154. The molecule has 1 heterocycles. The van der Waals surface area contributed by atoms with E-state index in [9.17, 15) is 13.2 Å². The first kappa shape index (κ1) is 10.6. The third-order valence-electron chi connectivity index (χ3n) is 2.40. The molecule has 1 atom stereocenters. The molecule has 0 bridgehead atoms. The molecule has 1 unspecified atom stereocenters. The van der Waals surface area contributed by atoms with Gasteiger partial charge in [-0.25, -0.2) is 8.42 Å². The molecule has 1 saturated carbocycles. The lowest BCUT2D eigenvalue weighted by molar-refractivity contribution is -0.136. The summed E-state index contributed by atoms with van der Waals surface area (Å²) in [6.07, 6.45) is 1.39. The average molecular weight is 246 g/mol. The van der Waals surface area contributed by atoms with Crippen LogP contribution in [0.3, 0.4) is 0 Å². The predicted molar refractivity (Wildman–Crippen MR) is 55.7 cm³/mol. The first-order valence-electron chi connectivity index (χ1n) is 4.53. The summed E-state index contributed by atoms with van der Waals surface area (Å²) in [5.41, 5.74) is 0. The summed E-state index contributed by atoms with van der Waals surface area (Å²) in [5, 5.41) is 9.33. The minimum Gasteiger partial charge on any atom is -0.480 e. The zero-order valence-corrected chi connectivity index (χ0v) is 9.42. The van der Waals surface area contributed by atoms with Gasteiger partial charge in [0.25, 0.3) is 0 Å². The largest absolute Gasteiger partial charge is 0.480 e. The zero-order chi connectivity index (χ0) is 11.1. The number of aliphatic carboxylic acids is 1. The Morgan fingerprint density at radius 1 is 1.53 bits per heavy atom. The third kappa shape index (κ3) is 1.91. The zero-order valence-electron chi connectivity index (χ0n) is 7.79. The van der Waals surface area contributed by atoms with Crippen LogP contribution in [0.4, 0.5) is 0 Å². The molecule has 0 spiro atoms. The maximum absolute atomic E-state index is 11.9. The molecule has 1 aliphatic carbocycles. The van der Waals surface area contributed by atoms with Crippen molar-refractivity contribution < 1.29 is 18.3 Å². The van der Waals surface area contributed by atoms with Gasteiger partial charge in [-0.15, -0.1) is 11.3 Å². The fourth-order valence-electron chi connectivity index (χ4n) is 1.54. The van der Waals surface area contributed by atoms with E-state index in [1.54, 1.807) is 11.4 Å². The lowest BCUT2D eigenvalue weighted by atomic mass is 10.3. The van der Waals surface area contributed by atoms with Crippen molar-refractivity contribution in [3.63, 3.8) is 0 Å². The van der Waals surface area contributed by atoms with Crippen molar-refractivity contribution >= 4 is 27.1 Å². The van der Waals surface area contributed by atoms with Crippen LogP contribution >= 0.6 is 11.3 Å². The van der Waals surface area contributed by atoms with Gasteiger partial charge in [-0.05, 0) is 30.2 Å². The molecule has 6 heteroatoms. The molecule has 0 aliphatic heterocycles. The van der Waals surface area contributed by atoms with Gasteiger partial charge in [-0.2, -0.15) is 0 Å². The number of carboxylic acids is 1. The second kappa shape index (κ2) is 3.61. The molecule has 1 aliphatic rings. The van der Waals surface area contributed by atoms with Crippen molar-refractivity contribution in [3.05, 3.63) is 17.5 Å². The van der Waals surface area contributed by atoms with E-state index in [1.165, 1.54) is 6.07 Å². The van der Waals surface area contributed by atoms with Crippen LogP contribution in [-0.2, 0) is 14.6 Å². The molecule has 1 fully saturated rings. The number of rotatable bonds is 4. The Hall–Kier alpha value is -0.880. The smallest absolute Gasteiger partial charge is 0.322 e. The van der Waals surface area contributed by atoms with Gasteiger partial charge in [-0.3, -0.25) is 4.79 Å². The minimum atomic E-state index is -3.67.